The maximum absolute atomic E-state index is 10.7. The molecule has 0 aliphatic carbocycles. The van der Waals surface area contributed by atoms with Crippen LogP contribution in [-0.4, -0.2) is 23.2 Å². The third kappa shape index (κ3) is 4.31. The second-order valence-electron chi connectivity index (χ2n) is 4.24. The molecule has 0 heterocycles. The molecule has 0 amide bonds. The maximum Gasteiger partial charge on any atom is 0.344 e. The van der Waals surface area contributed by atoms with Gasteiger partial charge in [0.25, 0.3) is 0 Å². The molecule has 1 aromatic carbocycles. The Morgan fingerprint density at radius 1 is 1.56 bits per heavy atom. The number of ether oxygens (including phenoxy) is 1. The Hall–Kier alpha value is -1.07. The fraction of sp³-hybridized carbons (Fsp3) is 0.462. The molecule has 4 nitrogen and oxygen atoms in total. The molecule has 0 radical (unpaired) electrons. The minimum Gasteiger partial charge on any atom is -0.479 e. The van der Waals surface area contributed by atoms with E-state index in [1.54, 1.807) is 6.07 Å². The highest BCUT2D eigenvalue weighted by Gasteiger charge is 2.14. The van der Waals surface area contributed by atoms with Crippen LogP contribution in [0.3, 0.4) is 0 Å². The van der Waals surface area contributed by atoms with Gasteiger partial charge in [-0.1, -0.05) is 13.0 Å². The number of hydrogen-bond acceptors (Lipinski definition) is 3. The third-order valence-electron chi connectivity index (χ3n) is 2.67. The highest BCUT2D eigenvalue weighted by molar-refractivity contribution is 9.10. The van der Waals surface area contributed by atoms with Crippen LogP contribution in [0.25, 0.3) is 0 Å². The van der Waals surface area contributed by atoms with Gasteiger partial charge in [0.1, 0.15) is 5.75 Å². The van der Waals surface area contributed by atoms with Crippen molar-refractivity contribution in [1.29, 1.82) is 0 Å². The highest BCUT2D eigenvalue weighted by atomic mass is 79.9. The van der Waals surface area contributed by atoms with Crippen LogP contribution < -0.4 is 10.5 Å². The lowest BCUT2D eigenvalue weighted by Crippen LogP contribution is -2.23. The van der Waals surface area contributed by atoms with Crippen molar-refractivity contribution in [3.8, 4) is 5.75 Å². The van der Waals surface area contributed by atoms with E-state index in [0.29, 0.717) is 5.75 Å². The zero-order chi connectivity index (χ0) is 13.7. The van der Waals surface area contributed by atoms with E-state index in [1.807, 2.05) is 19.1 Å². The molecule has 100 valence electrons. The van der Waals surface area contributed by atoms with E-state index in [1.165, 1.54) is 6.92 Å². The number of halogens is 1. The van der Waals surface area contributed by atoms with E-state index in [2.05, 4.69) is 15.9 Å². The Balaban J connectivity index is 2.76. The molecule has 0 bridgehead atoms. The number of aliphatic carboxylic acids is 1. The number of carboxylic acids is 1. The number of carboxylic acid groups (broad SMARTS) is 1. The quantitative estimate of drug-likeness (QED) is 0.846. The summed E-state index contributed by atoms with van der Waals surface area (Å²) in [6.07, 6.45) is 0.848. The van der Waals surface area contributed by atoms with Crippen LogP contribution in [0.5, 0.6) is 5.75 Å². The van der Waals surface area contributed by atoms with E-state index in [0.717, 1.165) is 22.9 Å². The Morgan fingerprint density at radius 2 is 2.22 bits per heavy atom. The summed E-state index contributed by atoms with van der Waals surface area (Å²) in [6.45, 7) is 3.54. The van der Waals surface area contributed by atoms with E-state index in [4.69, 9.17) is 15.6 Å². The SMILES string of the molecule is CCC(N)Cc1ccc(OC(C)C(=O)O)c(Br)c1. The molecule has 0 aliphatic heterocycles. The molecule has 2 unspecified atom stereocenters. The average Bonchev–Trinajstić information content (AvgIpc) is 2.32. The smallest absolute Gasteiger partial charge is 0.344 e. The molecule has 2 atom stereocenters. The summed E-state index contributed by atoms with van der Waals surface area (Å²) >= 11 is 3.38. The molecule has 0 aromatic heterocycles. The average molecular weight is 316 g/mol. The summed E-state index contributed by atoms with van der Waals surface area (Å²) in [6, 6.07) is 5.73. The van der Waals surface area contributed by atoms with Gasteiger partial charge in [-0.3, -0.25) is 0 Å². The topological polar surface area (TPSA) is 72.5 Å². The summed E-state index contributed by atoms with van der Waals surface area (Å²) in [5.74, 6) is -0.460. The molecule has 0 fully saturated rings. The van der Waals surface area contributed by atoms with Crippen molar-refractivity contribution in [1.82, 2.24) is 0 Å². The van der Waals surface area contributed by atoms with Crippen LogP contribution in [-0.2, 0) is 11.2 Å². The minimum absolute atomic E-state index is 0.140. The van der Waals surface area contributed by atoms with Crippen molar-refractivity contribution in [2.75, 3.05) is 0 Å². The van der Waals surface area contributed by atoms with Gasteiger partial charge in [0, 0.05) is 6.04 Å². The normalized spacial score (nSPS) is 14.0. The lowest BCUT2D eigenvalue weighted by atomic mass is 10.0. The fourth-order valence-electron chi connectivity index (χ4n) is 1.45. The van der Waals surface area contributed by atoms with Crippen molar-refractivity contribution >= 4 is 21.9 Å². The van der Waals surface area contributed by atoms with Gasteiger partial charge in [0.15, 0.2) is 6.10 Å². The zero-order valence-electron chi connectivity index (χ0n) is 10.5. The van der Waals surface area contributed by atoms with Gasteiger partial charge in [0.05, 0.1) is 4.47 Å². The molecule has 0 spiro atoms. The molecule has 0 saturated heterocycles. The van der Waals surface area contributed by atoms with Crippen molar-refractivity contribution in [2.45, 2.75) is 38.8 Å². The molecule has 3 N–H and O–H groups in total. The first-order valence-corrected chi connectivity index (χ1v) is 6.66. The molecule has 1 rings (SSSR count). The van der Waals surface area contributed by atoms with Gasteiger partial charge >= 0.3 is 5.97 Å². The van der Waals surface area contributed by atoms with Gasteiger partial charge in [-0.25, -0.2) is 4.79 Å². The number of hydrogen-bond donors (Lipinski definition) is 2. The number of rotatable bonds is 6. The Morgan fingerprint density at radius 3 is 2.72 bits per heavy atom. The van der Waals surface area contributed by atoms with Crippen LogP contribution in [0.1, 0.15) is 25.8 Å². The number of nitrogens with two attached hydrogens (primary N) is 1. The van der Waals surface area contributed by atoms with Gasteiger partial charge < -0.3 is 15.6 Å². The molecule has 18 heavy (non-hydrogen) atoms. The largest absolute Gasteiger partial charge is 0.479 e. The van der Waals surface area contributed by atoms with Crippen LogP contribution in [0.15, 0.2) is 22.7 Å². The Bertz CT molecular complexity index is 423. The predicted molar refractivity (Wildman–Crippen MR) is 73.8 cm³/mol. The van der Waals surface area contributed by atoms with E-state index >= 15 is 0 Å². The summed E-state index contributed by atoms with van der Waals surface area (Å²) in [5.41, 5.74) is 6.99. The maximum atomic E-state index is 10.7. The first-order valence-electron chi connectivity index (χ1n) is 5.87. The molecular weight excluding hydrogens is 298 g/mol. The summed E-state index contributed by atoms with van der Waals surface area (Å²) in [4.78, 5) is 10.7. The number of carbonyl (C=O) groups is 1. The van der Waals surface area contributed by atoms with Crippen molar-refractivity contribution in [3.63, 3.8) is 0 Å². The van der Waals surface area contributed by atoms with Crippen LogP contribution in [0.4, 0.5) is 0 Å². The molecule has 0 saturated carbocycles. The van der Waals surface area contributed by atoms with Crippen LogP contribution >= 0.6 is 15.9 Å². The Labute approximate surface area is 115 Å². The number of benzene rings is 1. The molecule has 0 aliphatic rings. The molecule has 1 aromatic rings. The Kier molecular flexibility index (Phi) is 5.62. The van der Waals surface area contributed by atoms with E-state index in [9.17, 15) is 4.79 Å². The molecule has 5 heteroatoms. The summed E-state index contributed by atoms with van der Waals surface area (Å²) in [7, 11) is 0. The monoisotopic (exact) mass is 315 g/mol. The summed E-state index contributed by atoms with van der Waals surface area (Å²) < 4.78 is 6.06. The predicted octanol–water partition coefficient (Wildman–Crippen LogP) is 2.58. The van der Waals surface area contributed by atoms with Crippen molar-refractivity contribution < 1.29 is 14.6 Å². The lowest BCUT2D eigenvalue weighted by Gasteiger charge is -2.14. The van der Waals surface area contributed by atoms with Gasteiger partial charge in [-0.05, 0) is 53.4 Å². The van der Waals surface area contributed by atoms with Gasteiger partial charge in [0.2, 0.25) is 0 Å². The van der Waals surface area contributed by atoms with Crippen LogP contribution in [0, 0.1) is 0 Å². The lowest BCUT2D eigenvalue weighted by molar-refractivity contribution is -0.144. The van der Waals surface area contributed by atoms with Crippen molar-refractivity contribution in [2.24, 2.45) is 5.73 Å². The van der Waals surface area contributed by atoms with Crippen LogP contribution in [0.2, 0.25) is 0 Å². The second kappa shape index (κ2) is 6.75. The molecular formula is C13H18BrNO3. The first-order chi connectivity index (χ1) is 8.43. The van der Waals surface area contributed by atoms with E-state index in [-0.39, 0.29) is 6.04 Å². The summed E-state index contributed by atoms with van der Waals surface area (Å²) in [5, 5.41) is 8.78. The van der Waals surface area contributed by atoms with Gasteiger partial charge in [-0.15, -0.1) is 0 Å². The highest BCUT2D eigenvalue weighted by Crippen LogP contribution is 2.27. The minimum atomic E-state index is -0.987. The second-order valence-corrected chi connectivity index (χ2v) is 5.09. The standard InChI is InChI=1S/C13H18BrNO3/c1-3-10(15)6-9-4-5-12(11(14)7-9)18-8(2)13(16)17/h4-5,7-8,10H,3,6,15H2,1-2H3,(H,16,17). The fourth-order valence-corrected chi connectivity index (χ4v) is 1.97. The van der Waals surface area contributed by atoms with Crippen molar-refractivity contribution in [3.05, 3.63) is 28.2 Å². The third-order valence-corrected chi connectivity index (χ3v) is 3.29. The van der Waals surface area contributed by atoms with Gasteiger partial charge in [-0.2, -0.15) is 0 Å². The van der Waals surface area contributed by atoms with E-state index < -0.39 is 12.1 Å². The zero-order valence-corrected chi connectivity index (χ0v) is 12.1. The first kappa shape index (κ1) is 15.0.